The molecule has 0 aliphatic carbocycles. The minimum absolute atomic E-state index is 0.0172. The third kappa shape index (κ3) is 5.60. The molecule has 0 radical (unpaired) electrons. The third-order valence-electron chi connectivity index (χ3n) is 2.18. The number of nitrogens with one attached hydrogen (secondary N) is 1. The minimum atomic E-state index is -1.07. The fourth-order valence-electron chi connectivity index (χ4n) is 1.30. The number of rotatable bonds is 7. The Labute approximate surface area is 104 Å². The van der Waals surface area contributed by atoms with Gasteiger partial charge in [0.1, 0.15) is 0 Å². The second-order valence-electron chi connectivity index (χ2n) is 3.54. The van der Waals surface area contributed by atoms with Crippen molar-refractivity contribution >= 4 is 16.7 Å². The molecule has 1 aromatic rings. The van der Waals surface area contributed by atoms with Crippen LogP contribution in [0.4, 0.5) is 0 Å². The molecule has 1 amide bonds. The number of carbonyl (C=O) groups excluding carboxylic acids is 1. The number of aliphatic hydroxyl groups excluding tert-OH is 1. The van der Waals surface area contributed by atoms with Gasteiger partial charge in [0.2, 0.25) is 5.91 Å². The Hall–Kier alpha value is -1.20. The van der Waals surface area contributed by atoms with E-state index in [2.05, 4.69) is 5.32 Å². The van der Waals surface area contributed by atoms with Crippen LogP contribution in [0.1, 0.15) is 12.8 Å². The lowest BCUT2D eigenvalue weighted by atomic mass is 10.3. The summed E-state index contributed by atoms with van der Waals surface area (Å²) in [4.78, 5) is 12.0. The zero-order chi connectivity index (χ0) is 12.5. The zero-order valence-corrected chi connectivity index (χ0v) is 10.4. The summed E-state index contributed by atoms with van der Waals surface area (Å²) >= 11 is 0. The fourth-order valence-corrected chi connectivity index (χ4v) is 2.29. The van der Waals surface area contributed by atoms with Crippen molar-refractivity contribution in [3.05, 3.63) is 30.3 Å². The molecule has 1 aromatic carbocycles. The summed E-state index contributed by atoms with van der Waals surface area (Å²) in [6.07, 6.45) is 0.780. The van der Waals surface area contributed by atoms with E-state index in [9.17, 15) is 9.00 Å². The molecule has 0 bridgehead atoms. The van der Waals surface area contributed by atoms with E-state index in [-0.39, 0.29) is 12.5 Å². The van der Waals surface area contributed by atoms with Crippen LogP contribution in [-0.2, 0) is 15.6 Å². The van der Waals surface area contributed by atoms with Gasteiger partial charge in [-0.3, -0.25) is 9.00 Å². The Morgan fingerprint density at radius 2 is 2.00 bits per heavy atom. The van der Waals surface area contributed by atoms with Gasteiger partial charge in [-0.15, -0.1) is 0 Å². The van der Waals surface area contributed by atoms with Crippen molar-refractivity contribution in [3.8, 4) is 0 Å². The van der Waals surface area contributed by atoms with Crippen molar-refractivity contribution in [2.24, 2.45) is 0 Å². The summed E-state index contributed by atoms with van der Waals surface area (Å²) in [7, 11) is -1.07. The maximum absolute atomic E-state index is 11.8. The number of hydrogen-bond donors (Lipinski definition) is 2. The third-order valence-corrected chi connectivity index (χ3v) is 3.55. The summed E-state index contributed by atoms with van der Waals surface area (Å²) < 4.78 is 11.8. The van der Waals surface area contributed by atoms with Crippen LogP contribution in [-0.4, -0.2) is 34.1 Å². The predicted octanol–water partition coefficient (Wildman–Crippen LogP) is 0.683. The van der Waals surface area contributed by atoms with Gasteiger partial charge in [0.25, 0.3) is 0 Å². The van der Waals surface area contributed by atoms with Crippen LogP contribution in [0.25, 0.3) is 0 Å². The molecule has 2 N–H and O–H groups in total. The number of carbonyl (C=O) groups is 1. The van der Waals surface area contributed by atoms with Gasteiger partial charge in [0, 0.05) is 30.2 Å². The van der Waals surface area contributed by atoms with E-state index in [0.29, 0.717) is 25.1 Å². The Morgan fingerprint density at radius 1 is 1.29 bits per heavy atom. The van der Waals surface area contributed by atoms with Gasteiger partial charge in [-0.25, -0.2) is 0 Å². The summed E-state index contributed by atoms with van der Waals surface area (Å²) in [5, 5.41) is 11.2. The second kappa shape index (κ2) is 7.97. The summed E-state index contributed by atoms with van der Waals surface area (Å²) in [6.45, 7) is 0.412. The van der Waals surface area contributed by atoms with Crippen molar-refractivity contribution in [3.63, 3.8) is 0 Å². The second-order valence-corrected chi connectivity index (χ2v) is 5.11. The average molecular weight is 255 g/mol. The maximum atomic E-state index is 11.8. The van der Waals surface area contributed by atoms with Gasteiger partial charge in [-0.05, 0) is 18.6 Å². The van der Waals surface area contributed by atoms with E-state index >= 15 is 0 Å². The van der Waals surface area contributed by atoms with Crippen LogP contribution >= 0.6 is 0 Å². The monoisotopic (exact) mass is 255 g/mol. The highest BCUT2D eigenvalue weighted by Gasteiger charge is 2.04. The fraction of sp³-hybridized carbons (Fsp3) is 0.417. The van der Waals surface area contributed by atoms with E-state index in [0.717, 1.165) is 4.90 Å². The first-order chi connectivity index (χ1) is 8.24. The smallest absolute Gasteiger partial charge is 0.220 e. The maximum Gasteiger partial charge on any atom is 0.220 e. The molecular formula is C12H17NO3S. The Morgan fingerprint density at radius 3 is 2.65 bits per heavy atom. The van der Waals surface area contributed by atoms with E-state index in [1.165, 1.54) is 0 Å². The number of amides is 1. The van der Waals surface area contributed by atoms with Crippen LogP contribution in [0.5, 0.6) is 0 Å². The Kier molecular flexibility index (Phi) is 6.50. The highest BCUT2D eigenvalue weighted by molar-refractivity contribution is 7.85. The molecule has 0 saturated heterocycles. The molecule has 0 saturated carbocycles. The van der Waals surface area contributed by atoms with E-state index < -0.39 is 10.8 Å². The SMILES string of the molecule is O=C(CCCO)NCC[S@](=O)c1ccccc1. The van der Waals surface area contributed by atoms with E-state index in [1.54, 1.807) is 0 Å². The predicted molar refractivity (Wildman–Crippen MR) is 67.0 cm³/mol. The molecule has 0 aromatic heterocycles. The molecule has 94 valence electrons. The van der Waals surface area contributed by atoms with Gasteiger partial charge in [0.05, 0.1) is 10.8 Å². The molecule has 1 rings (SSSR count). The van der Waals surface area contributed by atoms with Crippen molar-refractivity contribution in [2.45, 2.75) is 17.7 Å². The van der Waals surface area contributed by atoms with Crippen LogP contribution in [0.2, 0.25) is 0 Å². The van der Waals surface area contributed by atoms with Crippen LogP contribution in [0, 0.1) is 0 Å². The highest BCUT2D eigenvalue weighted by Crippen LogP contribution is 2.04. The van der Waals surface area contributed by atoms with Gasteiger partial charge < -0.3 is 10.4 Å². The van der Waals surface area contributed by atoms with E-state index in [1.807, 2.05) is 30.3 Å². The lowest BCUT2D eigenvalue weighted by Crippen LogP contribution is -2.27. The molecule has 0 aliphatic rings. The minimum Gasteiger partial charge on any atom is -0.396 e. The van der Waals surface area contributed by atoms with Gasteiger partial charge in [-0.1, -0.05) is 18.2 Å². The number of aliphatic hydroxyl groups is 1. The van der Waals surface area contributed by atoms with Crippen molar-refractivity contribution in [1.29, 1.82) is 0 Å². The lowest BCUT2D eigenvalue weighted by molar-refractivity contribution is -0.121. The van der Waals surface area contributed by atoms with Gasteiger partial charge in [-0.2, -0.15) is 0 Å². The molecule has 4 nitrogen and oxygen atoms in total. The molecule has 0 unspecified atom stereocenters. The van der Waals surface area contributed by atoms with Gasteiger partial charge in [0.15, 0.2) is 0 Å². The first-order valence-corrected chi connectivity index (χ1v) is 6.87. The largest absolute Gasteiger partial charge is 0.396 e. The van der Waals surface area contributed by atoms with Crippen LogP contribution in [0.3, 0.4) is 0 Å². The standard InChI is InChI=1S/C12H17NO3S/c14-9-4-7-12(15)13-8-10-17(16)11-5-2-1-3-6-11/h1-3,5-6,14H,4,7-10H2,(H,13,15)/t17-/m0/s1. The van der Waals surface area contributed by atoms with Crippen molar-refractivity contribution < 1.29 is 14.1 Å². The Bertz CT molecular complexity index is 367. The molecule has 5 heteroatoms. The van der Waals surface area contributed by atoms with Crippen LogP contribution in [0.15, 0.2) is 35.2 Å². The molecule has 17 heavy (non-hydrogen) atoms. The summed E-state index contributed by atoms with van der Waals surface area (Å²) in [5.74, 6) is 0.304. The molecule has 0 spiro atoms. The highest BCUT2D eigenvalue weighted by atomic mass is 32.2. The molecule has 0 heterocycles. The zero-order valence-electron chi connectivity index (χ0n) is 9.59. The lowest BCUT2D eigenvalue weighted by Gasteiger charge is -2.04. The number of benzene rings is 1. The first kappa shape index (κ1) is 13.9. The molecular weight excluding hydrogens is 238 g/mol. The summed E-state index contributed by atoms with van der Waals surface area (Å²) in [5.41, 5.74) is 0. The average Bonchev–Trinajstić information content (AvgIpc) is 2.37. The number of hydrogen-bond acceptors (Lipinski definition) is 3. The Balaban J connectivity index is 2.23. The topological polar surface area (TPSA) is 66.4 Å². The molecule has 0 fully saturated rings. The van der Waals surface area contributed by atoms with Crippen molar-refractivity contribution in [1.82, 2.24) is 5.32 Å². The molecule has 1 atom stereocenters. The van der Waals surface area contributed by atoms with Gasteiger partial charge >= 0.3 is 0 Å². The molecule has 0 aliphatic heterocycles. The normalized spacial score (nSPS) is 12.1. The van der Waals surface area contributed by atoms with Crippen molar-refractivity contribution in [2.75, 3.05) is 18.9 Å². The summed E-state index contributed by atoms with van der Waals surface area (Å²) in [6, 6.07) is 9.17. The van der Waals surface area contributed by atoms with E-state index in [4.69, 9.17) is 5.11 Å². The van der Waals surface area contributed by atoms with Crippen LogP contribution < -0.4 is 5.32 Å². The quantitative estimate of drug-likeness (QED) is 0.753. The first-order valence-electron chi connectivity index (χ1n) is 5.55.